The number of hydrogen-bond donors (Lipinski definition) is 1. The number of furan rings is 1. The van der Waals surface area contributed by atoms with E-state index in [1.165, 1.54) is 12.8 Å². The molecule has 1 saturated carbocycles. The van der Waals surface area contributed by atoms with Crippen LogP contribution in [-0.4, -0.2) is 13.7 Å². The maximum Gasteiger partial charge on any atom is 0.157 e. The molecular weight excluding hydrogens is 326 g/mol. The number of rotatable bonds is 7. The molecule has 0 bridgehead atoms. The van der Waals surface area contributed by atoms with Crippen molar-refractivity contribution >= 4 is 16.7 Å². The van der Waals surface area contributed by atoms with Gasteiger partial charge in [0.15, 0.2) is 5.58 Å². The van der Waals surface area contributed by atoms with Crippen molar-refractivity contribution in [2.75, 3.05) is 19.0 Å². The molecule has 0 aliphatic heterocycles. The number of ether oxygens (including phenoxy) is 2. The summed E-state index contributed by atoms with van der Waals surface area (Å²) in [7, 11) is 1.67. The summed E-state index contributed by atoms with van der Waals surface area (Å²) < 4.78 is 17.5. The van der Waals surface area contributed by atoms with Crippen LogP contribution in [0.25, 0.3) is 11.0 Å². The molecule has 4 heteroatoms. The average Bonchev–Trinajstić information content (AvgIpc) is 3.42. The lowest BCUT2D eigenvalue weighted by Gasteiger charge is -2.11. The minimum absolute atomic E-state index is 0.471. The molecule has 4 nitrogen and oxygen atoms in total. The number of methoxy groups -OCH3 is 1. The molecule has 0 unspecified atom stereocenters. The predicted octanol–water partition coefficient (Wildman–Crippen LogP) is 5.46. The second-order valence-corrected chi connectivity index (χ2v) is 7.06. The zero-order chi connectivity index (χ0) is 18.1. The van der Waals surface area contributed by atoms with Gasteiger partial charge in [0.25, 0.3) is 0 Å². The fourth-order valence-electron chi connectivity index (χ4n) is 3.20. The average molecular weight is 351 g/mol. The summed E-state index contributed by atoms with van der Waals surface area (Å²) in [5, 5.41) is 4.65. The zero-order valence-electron chi connectivity index (χ0n) is 15.6. The molecule has 1 fully saturated rings. The predicted molar refractivity (Wildman–Crippen MR) is 104 cm³/mol. The van der Waals surface area contributed by atoms with E-state index in [1.54, 1.807) is 7.11 Å². The van der Waals surface area contributed by atoms with E-state index < -0.39 is 0 Å². The van der Waals surface area contributed by atoms with Gasteiger partial charge in [0, 0.05) is 23.6 Å². The lowest BCUT2D eigenvalue weighted by atomic mass is 10.1. The molecule has 0 spiro atoms. The smallest absolute Gasteiger partial charge is 0.157 e. The molecule has 4 rings (SSSR count). The van der Waals surface area contributed by atoms with Crippen molar-refractivity contribution in [3.05, 3.63) is 53.3 Å². The maximum absolute atomic E-state index is 6.10. The Bertz CT molecular complexity index is 925. The molecule has 0 atom stereocenters. The Morgan fingerprint density at radius 1 is 1.15 bits per heavy atom. The van der Waals surface area contributed by atoms with E-state index in [4.69, 9.17) is 13.9 Å². The van der Waals surface area contributed by atoms with Gasteiger partial charge in [-0.25, -0.2) is 0 Å². The van der Waals surface area contributed by atoms with Gasteiger partial charge in [0.2, 0.25) is 0 Å². The van der Waals surface area contributed by atoms with Crippen LogP contribution in [0, 0.1) is 19.8 Å². The number of fused-ring (bicyclic) bond motifs is 1. The van der Waals surface area contributed by atoms with Crippen LogP contribution in [0.3, 0.4) is 0 Å². The summed E-state index contributed by atoms with van der Waals surface area (Å²) in [6, 6.07) is 12.1. The number of nitrogens with one attached hydrogen (secondary N) is 1. The summed E-state index contributed by atoms with van der Waals surface area (Å²) in [6.07, 6.45) is 2.66. The van der Waals surface area contributed by atoms with E-state index in [2.05, 4.69) is 23.5 Å². The van der Waals surface area contributed by atoms with Crippen molar-refractivity contribution in [1.29, 1.82) is 0 Å². The van der Waals surface area contributed by atoms with Crippen LogP contribution in [0.4, 0.5) is 5.69 Å². The lowest BCUT2D eigenvalue weighted by Crippen LogP contribution is -2.03. The normalized spacial score (nSPS) is 13.8. The molecule has 0 radical (unpaired) electrons. The van der Waals surface area contributed by atoms with Crippen LogP contribution in [0.5, 0.6) is 11.5 Å². The fourth-order valence-corrected chi connectivity index (χ4v) is 3.20. The summed E-state index contributed by atoms with van der Waals surface area (Å²) in [4.78, 5) is 0. The van der Waals surface area contributed by atoms with Gasteiger partial charge >= 0.3 is 0 Å². The van der Waals surface area contributed by atoms with Gasteiger partial charge in [0.1, 0.15) is 23.9 Å². The molecule has 0 amide bonds. The fraction of sp³-hybridized carbons (Fsp3) is 0.364. The minimum atomic E-state index is 0.471. The Morgan fingerprint density at radius 2 is 2.00 bits per heavy atom. The van der Waals surface area contributed by atoms with Crippen LogP contribution in [0.1, 0.15) is 29.7 Å². The number of para-hydroxylation sites is 1. The van der Waals surface area contributed by atoms with Crippen molar-refractivity contribution in [2.45, 2.75) is 33.3 Å². The summed E-state index contributed by atoms with van der Waals surface area (Å²) >= 11 is 0. The van der Waals surface area contributed by atoms with Crippen LogP contribution in [0.2, 0.25) is 0 Å². The zero-order valence-corrected chi connectivity index (χ0v) is 15.6. The topological polar surface area (TPSA) is 43.6 Å². The number of aryl methyl sites for hydroxylation is 2. The molecule has 136 valence electrons. The highest BCUT2D eigenvalue weighted by molar-refractivity contribution is 5.92. The van der Waals surface area contributed by atoms with E-state index in [9.17, 15) is 0 Å². The first-order valence-electron chi connectivity index (χ1n) is 9.18. The second kappa shape index (κ2) is 6.94. The monoisotopic (exact) mass is 351 g/mol. The van der Waals surface area contributed by atoms with Crippen LogP contribution < -0.4 is 14.8 Å². The molecule has 26 heavy (non-hydrogen) atoms. The van der Waals surface area contributed by atoms with E-state index in [0.29, 0.717) is 6.61 Å². The van der Waals surface area contributed by atoms with Crippen molar-refractivity contribution in [3.8, 4) is 11.5 Å². The largest absolute Gasteiger partial charge is 0.497 e. The van der Waals surface area contributed by atoms with Crippen molar-refractivity contribution in [3.63, 3.8) is 0 Å². The Balaban J connectivity index is 1.58. The highest BCUT2D eigenvalue weighted by Gasteiger charge is 2.22. The maximum atomic E-state index is 6.10. The van der Waals surface area contributed by atoms with E-state index in [-0.39, 0.29) is 0 Å². The van der Waals surface area contributed by atoms with Crippen molar-refractivity contribution < 1.29 is 13.9 Å². The SMILES string of the molecule is COc1ccc(C)c(OCc2c(C)oc3c(NCC4CC4)cccc23)c1. The highest BCUT2D eigenvalue weighted by Crippen LogP contribution is 2.34. The third-order valence-corrected chi connectivity index (χ3v) is 5.07. The second-order valence-electron chi connectivity index (χ2n) is 7.06. The van der Waals surface area contributed by atoms with E-state index in [1.807, 2.05) is 32.0 Å². The molecule has 1 N–H and O–H groups in total. The Hall–Kier alpha value is -2.62. The molecule has 3 aromatic rings. The molecular formula is C22H25NO3. The summed E-state index contributed by atoms with van der Waals surface area (Å²) in [5.74, 6) is 3.36. The summed E-state index contributed by atoms with van der Waals surface area (Å²) in [6.45, 7) is 5.53. The molecule has 1 heterocycles. The molecule has 1 aromatic heterocycles. The third-order valence-electron chi connectivity index (χ3n) is 5.07. The quantitative estimate of drug-likeness (QED) is 0.614. The molecule has 0 saturated heterocycles. The Kier molecular flexibility index (Phi) is 4.49. The lowest BCUT2D eigenvalue weighted by molar-refractivity contribution is 0.300. The van der Waals surface area contributed by atoms with Crippen LogP contribution >= 0.6 is 0 Å². The van der Waals surface area contributed by atoms with Crippen molar-refractivity contribution in [1.82, 2.24) is 0 Å². The summed E-state index contributed by atoms with van der Waals surface area (Å²) in [5.41, 5.74) is 4.17. The van der Waals surface area contributed by atoms with Gasteiger partial charge in [-0.2, -0.15) is 0 Å². The van der Waals surface area contributed by atoms with Crippen LogP contribution in [-0.2, 0) is 6.61 Å². The van der Waals surface area contributed by atoms with Gasteiger partial charge in [-0.05, 0) is 50.3 Å². The van der Waals surface area contributed by atoms with Crippen molar-refractivity contribution in [2.24, 2.45) is 5.92 Å². The number of anilines is 1. The van der Waals surface area contributed by atoms with Gasteiger partial charge in [-0.1, -0.05) is 18.2 Å². The molecule has 1 aliphatic carbocycles. The third kappa shape index (κ3) is 3.36. The Labute approximate surface area is 154 Å². The number of benzene rings is 2. The molecule has 2 aromatic carbocycles. The van der Waals surface area contributed by atoms with E-state index in [0.717, 1.165) is 57.5 Å². The van der Waals surface area contributed by atoms with Gasteiger partial charge in [0.05, 0.1) is 12.8 Å². The molecule has 1 aliphatic rings. The minimum Gasteiger partial charge on any atom is -0.497 e. The number of hydrogen-bond acceptors (Lipinski definition) is 4. The first-order valence-corrected chi connectivity index (χ1v) is 9.18. The van der Waals surface area contributed by atoms with Crippen LogP contribution in [0.15, 0.2) is 40.8 Å². The highest BCUT2D eigenvalue weighted by atomic mass is 16.5. The first kappa shape index (κ1) is 16.8. The standard InChI is InChI=1S/C22H25NO3/c1-14-7-10-17(24-3)11-21(14)25-13-19-15(2)26-22-18(19)5-4-6-20(22)23-12-16-8-9-16/h4-7,10-11,16,23H,8-9,12-13H2,1-3H3. The van der Waals surface area contributed by atoms with Gasteiger partial charge < -0.3 is 19.2 Å². The first-order chi connectivity index (χ1) is 12.7. The Morgan fingerprint density at radius 3 is 2.77 bits per heavy atom. The van der Waals surface area contributed by atoms with Gasteiger partial charge in [-0.15, -0.1) is 0 Å². The van der Waals surface area contributed by atoms with Gasteiger partial charge in [-0.3, -0.25) is 0 Å². The van der Waals surface area contributed by atoms with E-state index >= 15 is 0 Å².